The fourth-order valence-electron chi connectivity index (χ4n) is 2.75. The number of fused-ring (bicyclic) bond motifs is 1. The summed E-state index contributed by atoms with van der Waals surface area (Å²) in [5.41, 5.74) is 2.09. The van der Waals surface area contributed by atoms with Crippen LogP contribution in [0.1, 0.15) is 22.4 Å². The molecule has 2 aromatic rings. The molecule has 0 bridgehead atoms. The van der Waals surface area contributed by atoms with E-state index < -0.39 is 0 Å². The van der Waals surface area contributed by atoms with E-state index in [1.54, 1.807) is 24.8 Å². The van der Waals surface area contributed by atoms with Crippen molar-refractivity contribution in [2.75, 3.05) is 26.8 Å². The lowest BCUT2D eigenvalue weighted by Crippen LogP contribution is -2.44. The smallest absolute Gasteiger partial charge is 0.244 e. The van der Waals surface area contributed by atoms with Gasteiger partial charge in [-0.05, 0) is 6.92 Å². The van der Waals surface area contributed by atoms with Crippen molar-refractivity contribution in [2.45, 2.75) is 26.1 Å². The van der Waals surface area contributed by atoms with E-state index in [1.165, 1.54) is 0 Å². The number of nitrogens with zero attached hydrogens (tertiary/aromatic N) is 4. The van der Waals surface area contributed by atoms with Crippen molar-refractivity contribution in [1.29, 1.82) is 0 Å². The molecule has 0 saturated heterocycles. The zero-order valence-corrected chi connectivity index (χ0v) is 14.2. The third-order valence-corrected chi connectivity index (χ3v) is 4.78. The SMILES string of the molecule is COCCNC(=O)C1CN(Cc2nc(C)cs2)Cc2cncn21. The second-order valence-electron chi connectivity index (χ2n) is 5.64. The summed E-state index contributed by atoms with van der Waals surface area (Å²) in [6.07, 6.45) is 3.56. The summed E-state index contributed by atoms with van der Waals surface area (Å²) < 4.78 is 6.95. The van der Waals surface area contributed by atoms with Crippen LogP contribution in [0.4, 0.5) is 0 Å². The van der Waals surface area contributed by atoms with Gasteiger partial charge in [0.05, 0.1) is 25.2 Å². The van der Waals surface area contributed by atoms with Crippen molar-refractivity contribution < 1.29 is 9.53 Å². The Kier molecular flexibility index (Phi) is 5.04. The lowest BCUT2D eigenvalue weighted by molar-refractivity contribution is -0.125. The van der Waals surface area contributed by atoms with Gasteiger partial charge in [0.25, 0.3) is 0 Å². The number of rotatable bonds is 6. The first-order chi connectivity index (χ1) is 11.2. The van der Waals surface area contributed by atoms with Crippen LogP contribution in [0.3, 0.4) is 0 Å². The van der Waals surface area contributed by atoms with Crippen molar-refractivity contribution in [3.63, 3.8) is 0 Å². The van der Waals surface area contributed by atoms with Crippen molar-refractivity contribution in [2.24, 2.45) is 0 Å². The molecule has 7 nitrogen and oxygen atoms in total. The number of imidazole rings is 1. The van der Waals surface area contributed by atoms with E-state index in [2.05, 4.69) is 25.6 Å². The molecule has 1 aliphatic rings. The molecule has 1 unspecified atom stereocenters. The first-order valence-electron chi connectivity index (χ1n) is 7.58. The number of nitrogens with one attached hydrogen (secondary N) is 1. The quantitative estimate of drug-likeness (QED) is 0.797. The van der Waals surface area contributed by atoms with Crippen LogP contribution in [-0.2, 0) is 22.6 Å². The molecule has 23 heavy (non-hydrogen) atoms. The molecule has 0 fully saturated rings. The van der Waals surface area contributed by atoms with Gasteiger partial charge in [-0.3, -0.25) is 9.69 Å². The number of methoxy groups -OCH3 is 1. The van der Waals surface area contributed by atoms with Crippen molar-refractivity contribution in [1.82, 2.24) is 24.8 Å². The Bertz CT molecular complexity index is 668. The molecular formula is C15H21N5O2S. The highest BCUT2D eigenvalue weighted by atomic mass is 32.1. The monoisotopic (exact) mass is 335 g/mol. The van der Waals surface area contributed by atoms with E-state index in [9.17, 15) is 4.79 Å². The number of hydrogen-bond acceptors (Lipinski definition) is 6. The Balaban J connectivity index is 1.70. The van der Waals surface area contributed by atoms with Gasteiger partial charge in [0.2, 0.25) is 5.91 Å². The van der Waals surface area contributed by atoms with E-state index in [4.69, 9.17) is 4.74 Å². The molecule has 1 aliphatic heterocycles. The van der Waals surface area contributed by atoms with Crippen LogP contribution in [0.5, 0.6) is 0 Å². The molecule has 1 amide bonds. The molecule has 2 aromatic heterocycles. The van der Waals surface area contributed by atoms with Gasteiger partial charge < -0.3 is 14.6 Å². The number of aromatic nitrogens is 3. The Labute approximate surface area is 139 Å². The van der Waals surface area contributed by atoms with Gasteiger partial charge in [0.1, 0.15) is 11.0 Å². The molecule has 0 spiro atoms. The maximum atomic E-state index is 12.5. The number of hydrogen-bond donors (Lipinski definition) is 1. The van der Waals surface area contributed by atoms with E-state index in [-0.39, 0.29) is 11.9 Å². The topological polar surface area (TPSA) is 72.3 Å². The fourth-order valence-corrected chi connectivity index (χ4v) is 3.56. The van der Waals surface area contributed by atoms with E-state index in [1.807, 2.05) is 17.7 Å². The number of aryl methyl sites for hydroxylation is 1. The summed E-state index contributed by atoms with van der Waals surface area (Å²) >= 11 is 1.66. The van der Waals surface area contributed by atoms with Crippen molar-refractivity contribution in [3.8, 4) is 0 Å². The van der Waals surface area contributed by atoms with Crippen LogP contribution >= 0.6 is 11.3 Å². The highest BCUT2D eigenvalue weighted by molar-refractivity contribution is 7.09. The maximum absolute atomic E-state index is 12.5. The first kappa shape index (κ1) is 16.1. The zero-order valence-electron chi connectivity index (χ0n) is 13.4. The molecule has 3 heterocycles. The minimum Gasteiger partial charge on any atom is -0.383 e. The van der Waals surface area contributed by atoms with Crippen LogP contribution in [-0.4, -0.2) is 52.1 Å². The number of amides is 1. The van der Waals surface area contributed by atoms with Crippen molar-refractivity contribution in [3.05, 3.63) is 34.3 Å². The molecule has 3 rings (SSSR count). The number of carbonyl (C=O) groups excluding carboxylic acids is 1. The maximum Gasteiger partial charge on any atom is 0.244 e. The minimum atomic E-state index is -0.265. The van der Waals surface area contributed by atoms with Crippen LogP contribution in [0.25, 0.3) is 0 Å². The largest absolute Gasteiger partial charge is 0.383 e. The first-order valence-corrected chi connectivity index (χ1v) is 8.46. The van der Waals surface area contributed by atoms with Gasteiger partial charge in [-0.15, -0.1) is 11.3 Å². The fraction of sp³-hybridized carbons (Fsp3) is 0.533. The van der Waals surface area contributed by atoms with E-state index in [0.717, 1.165) is 29.5 Å². The molecule has 8 heteroatoms. The standard InChI is InChI=1S/C15H21N5O2S/c1-11-9-23-14(18-11)8-19-6-12-5-16-10-20(12)13(7-19)15(21)17-3-4-22-2/h5,9-10,13H,3-4,6-8H2,1-2H3,(H,17,21). The third-order valence-electron chi connectivity index (χ3n) is 3.83. The molecule has 124 valence electrons. The summed E-state index contributed by atoms with van der Waals surface area (Å²) in [6, 6.07) is -0.265. The Morgan fingerprint density at radius 2 is 2.43 bits per heavy atom. The predicted octanol–water partition coefficient (Wildman–Crippen LogP) is 0.968. The second-order valence-corrected chi connectivity index (χ2v) is 6.59. The Morgan fingerprint density at radius 3 is 3.17 bits per heavy atom. The average Bonchev–Trinajstić information content (AvgIpc) is 3.15. The zero-order chi connectivity index (χ0) is 16.2. The van der Waals surface area contributed by atoms with Gasteiger partial charge >= 0.3 is 0 Å². The normalized spacial score (nSPS) is 17.9. The molecule has 1 atom stereocenters. The van der Waals surface area contributed by atoms with E-state index >= 15 is 0 Å². The van der Waals surface area contributed by atoms with Gasteiger partial charge in [-0.25, -0.2) is 9.97 Å². The van der Waals surface area contributed by atoms with Gasteiger partial charge in [-0.2, -0.15) is 0 Å². The van der Waals surface area contributed by atoms with E-state index in [0.29, 0.717) is 19.7 Å². The number of ether oxygens (including phenoxy) is 1. The third kappa shape index (κ3) is 3.77. The second kappa shape index (κ2) is 7.20. The Morgan fingerprint density at radius 1 is 1.57 bits per heavy atom. The average molecular weight is 335 g/mol. The lowest BCUT2D eigenvalue weighted by Gasteiger charge is -2.33. The summed E-state index contributed by atoms with van der Waals surface area (Å²) in [5.74, 6) is 0.00122. The molecule has 0 radical (unpaired) electrons. The van der Waals surface area contributed by atoms with Crippen LogP contribution in [0.15, 0.2) is 17.9 Å². The minimum absolute atomic E-state index is 0.00122. The highest BCUT2D eigenvalue weighted by Crippen LogP contribution is 2.23. The highest BCUT2D eigenvalue weighted by Gasteiger charge is 2.30. The molecule has 0 saturated carbocycles. The Hall–Kier alpha value is -1.77. The molecular weight excluding hydrogens is 314 g/mol. The lowest BCUT2D eigenvalue weighted by atomic mass is 10.1. The van der Waals surface area contributed by atoms with Crippen molar-refractivity contribution >= 4 is 17.2 Å². The van der Waals surface area contributed by atoms with Crippen LogP contribution in [0, 0.1) is 6.92 Å². The number of carbonyl (C=O) groups is 1. The van der Waals surface area contributed by atoms with Crippen LogP contribution in [0.2, 0.25) is 0 Å². The predicted molar refractivity (Wildman–Crippen MR) is 87.1 cm³/mol. The molecule has 0 aliphatic carbocycles. The summed E-state index contributed by atoms with van der Waals surface area (Å²) in [6.45, 7) is 5.21. The summed E-state index contributed by atoms with van der Waals surface area (Å²) in [7, 11) is 1.62. The van der Waals surface area contributed by atoms with Gasteiger partial charge in [0, 0.05) is 44.0 Å². The number of thiazole rings is 1. The molecule has 1 N–H and O–H groups in total. The molecule has 0 aromatic carbocycles. The summed E-state index contributed by atoms with van der Waals surface area (Å²) in [5, 5.41) is 6.05. The van der Waals surface area contributed by atoms with Gasteiger partial charge in [0.15, 0.2) is 0 Å². The summed E-state index contributed by atoms with van der Waals surface area (Å²) in [4.78, 5) is 23.4. The van der Waals surface area contributed by atoms with Gasteiger partial charge in [-0.1, -0.05) is 0 Å². The van der Waals surface area contributed by atoms with Crippen LogP contribution < -0.4 is 5.32 Å².